The number of aromatic nitrogens is 2. The van der Waals surface area contributed by atoms with E-state index in [1.165, 1.54) is 5.69 Å². The van der Waals surface area contributed by atoms with Gasteiger partial charge in [-0.15, -0.1) is 0 Å². The summed E-state index contributed by atoms with van der Waals surface area (Å²) in [5, 5.41) is 3.29. The predicted octanol–water partition coefficient (Wildman–Crippen LogP) is 3.54. The molecule has 8 heteroatoms. The number of methoxy groups -OCH3 is 1. The molecule has 1 aliphatic rings. The minimum absolute atomic E-state index is 0.550. The molecule has 0 saturated carbocycles. The molecule has 0 radical (unpaired) electrons. The highest BCUT2D eigenvalue weighted by Crippen LogP contribution is 2.30. The quantitative estimate of drug-likeness (QED) is 0.600. The van der Waals surface area contributed by atoms with Crippen molar-refractivity contribution >= 4 is 28.7 Å². The summed E-state index contributed by atoms with van der Waals surface area (Å²) in [6.07, 6.45) is 1.55. The maximum absolute atomic E-state index is 6.44. The lowest BCUT2D eigenvalue weighted by Crippen LogP contribution is -2.47. The second kappa shape index (κ2) is 9.42. The molecule has 0 atom stereocenters. The highest BCUT2D eigenvalue weighted by atomic mass is 16.5. The zero-order chi connectivity index (χ0) is 21.6. The molecular weight excluding hydrogens is 392 g/mol. The van der Waals surface area contributed by atoms with Crippen LogP contribution in [0.2, 0.25) is 0 Å². The molecule has 1 aliphatic heterocycles. The zero-order valence-electron chi connectivity index (χ0n) is 17.9. The van der Waals surface area contributed by atoms with Gasteiger partial charge in [0.25, 0.3) is 0 Å². The lowest BCUT2D eigenvalue weighted by molar-refractivity contribution is 0.340. The van der Waals surface area contributed by atoms with E-state index >= 15 is 0 Å². The zero-order valence-corrected chi connectivity index (χ0v) is 17.9. The van der Waals surface area contributed by atoms with Crippen LogP contribution in [0.25, 0.3) is 0 Å². The number of nitrogen functional groups attached to an aromatic ring is 1. The average Bonchev–Trinajstić information content (AvgIpc) is 2.82. The van der Waals surface area contributed by atoms with Crippen LogP contribution in [0.15, 0.2) is 54.9 Å². The van der Waals surface area contributed by atoms with Crippen molar-refractivity contribution in [3.05, 3.63) is 54.9 Å². The van der Waals surface area contributed by atoms with E-state index in [9.17, 15) is 0 Å². The Hall–Kier alpha value is -3.68. The Morgan fingerprint density at radius 1 is 0.903 bits per heavy atom. The van der Waals surface area contributed by atoms with E-state index in [-0.39, 0.29) is 0 Å². The molecule has 162 valence electrons. The number of hydrogen-bond donors (Lipinski definition) is 2. The van der Waals surface area contributed by atoms with E-state index in [1.54, 1.807) is 13.4 Å². The van der Waals surface area contributed by atoms with Gasteiger partial charge in [0.05, 0.1) is 13.7 Å². The van der Waals surface area contributed by atoms with Crippen molar-refractivity contribution in [3.8, 4) is 11.5 Å². The SMILES string of the molecule is CCOc1ccc(Nc2ncnc(N3CCN(c4ccc(OC)cc4)CC3)c2N)cc1. The molecule has 0 spiro atoms. The van der Waals surface area contributed by atoms with Crippen LogP contribution in [0.5, 0.6) is 11.5 Å². The first-order chi connectivity index (χ1) is 15.2. The molecule has 4 rings (SSSR count). The van der Waals surface area contributed by atoms with E-state index < -0.39 is 0 Å². The number of nitrogens with one attached hydrogen (secondary N) is 1. The van der Waals surface area contributed by atoms with Crippen molar-refractivity contribution < 1.29 is 9.47 Å². The molecule has 0 unspecified atom stereocenters. The summed E-state index contributed by atoms with van der Waals surface area (Å²) < 4.78 is 10.7. The summed E-state index contributed by atoms with van der Waals surface area (Å²) in [6, 6.07) is 15.9. The van der Waals surface area contributed by atoms with Crippen molar-refractivity contribution in [2.45, 2.75) is 6.92 Å². The Kier molecular flexibility index (Phi) is 6.26. The monoisotopic (exact) mass is 420 g/mol. The van der Waals surface area contributed by atoms with E-state index in [0.717, 1.165) is 49.2 Å². The number of ether oxygens (including phenoxy) is 2. The van der Waals surface area contributed by atoms with Crippen LogP contribution in [0.3, 0.4) is 0 Å². The molecular formula is C23H28N6O2. The van der Waals surface area contributed by atoms with Gasteiger partial charge in [-0.25, -0.2) is 9.97 Å². The molecule has 0 amide bonds. The molecule has 31 heavy (non-hydrogen) atoms. The highest BCUT2D eigenvalue weighted by molar-refractivity contribution is 5.78. The topological polar surface area (TPSA) is 88.8 Å². The number of piperazine rings is 1. The number of nitrogens with two attached hydrogens (primary N) is 1. The Labute approximate surface area is 182 Å². The Morgan fingerprint density at radius 2 is 1.55 bits per heavy atom. The molecule has 0 bridgehead atoms. The first-order valence-corrected chi connectivity index (χ1v) is 10.4. The van der Waals surface area contributed by atoms with Gasteiger partial charge in [0.15, 0.2) is 11.6 Å². The highest BCUT2D eigenvalue weighted by Gasteiger charge is 2.21. The fourth-order valence-corrected chi connectivity index (χ4v) is 3.65. The Morgan fingerprint density at radius 3 is 2.19 bits per heavy atom. The van der Waals surface area contributed by atoms with Crippen LogP contribution in [0.1, 0.15) is 6.92 Å². The third kappa shape index (κ3) is 4.74. The van der Waals surface area contributed by atoms with Crippen molar-refractivity contribution in [1.29, 1.82) is 0 Å². The molecule has 1 fully saturated rings. The molecule has 3 aromatic rings. The van der Waals surface area contributed by atoms with Crippen molar-refractivity contribution in [2.24, 2.45) is 0 Å². The van der Waals surface area contributed by atoms with Gasteiger partial charge in [-0.2, -0.15) is 0 Å². The summed E-state index contributed by atoms with van der Waals surface area (Å²) >= 11 is 0. The van der Waals surface area contributed by atoms with Gasteiger partial charge in [-0.3, -0.25) is 0 Å². The number of nitrogens with zero attached hydrogens (tertiary/aromatic N) is 4. The van der Waals surface area contributed by atoms with E-state index in [0.29, 0.717) is 18.1 Å². The lowest BCUT2D eigenvalue weighted by atomic mass is 10.2. The number of anilines is 5. The fraction of sp³-hybridized carbons (Fsp3) is 0.304. The molecule has 3 N–H and O–H groups in total. The summed E-state index contributed by atoms with van der Waals surface area (Å²) in [7, 11) is 1.68. The van der Waals surface area contributed by atoms with E-state index in [1.807, 2.05) is 43.3 Å². The van der Waals surface area contributed by atoms with Crippen LogP contribution < -0.4 is 30.3 Å². The lowest BCUT2D eigenvalue weighted by Gasteiger charge is -2.37. The maximum atomic E-state index is 6.44. The Balaban J connectivity index is 1.42. The minimum atomic E-state index is 0.550. The molecule has 1 aromatic heterocycles. The Bertz CT molecular complexity index is 986. The smallest absolute Gasteiger partial charge is 0.159 e. The molecule has 0 aliphatic carbocycles. The maximum Gasteiger partial charge on any atom is 0.159 e. The molecule has 1 saturated heterocycles. The van der Waals surface area contributed by atoms with E-state index in [2.05, 4.69) is 37.2 Å². The van der Waals surface area contributed by atoms with E-state index in [4.69, 9.17) is 15.2 Å². The minimum Gasteiger partial charge on any atom is -0.497 e. The van der Waals surface area contributed by atoms with Crippen LogP contribution >= 0.6 is 0 Å². The summed E-state index contributed by atoms with van der Waals surface area (Å²) in [5.41, 5.74) is 9.07. The van der Waals surface area contributed by atoms with Gasteiger partial charge >= 0.3 is 0 Å². The third-order valence-electron chi connectivity index (χ3n) is 5.31. The van der Waals surface area contributed by atoms with Crippen LogP contribution in [0.4, 0.5) is 28.7 Å². The summed E-state index contributed by atoms with van der Waals surface area (Å²) in [6.45, 7) is 6.03. The predicted molar refractivity (Wildman–Crippen MR) is 125 cm³/mol. The van der Waals surface area contributed by atoms with Crippen LogP contribution in [0, 0.1) is 0 Å². The first-order valence-electron chi connectivity index (χ1n) is 10.4. The molecule has 8 nitrogen and oxygen atoms in total. The largest absolute Gasteiger partial charge is 0.497 e. The normalized spacial score (nSPS) is 13.7. The standard InChI is InChI=1S/C23H28N6O2/c1-3-31-20-8-4-17(5-9-20)27-22-21(24)23(26-16-25-22)29-14-12-28(13-15-29)18-6-10-19(30-2)11-7-18/h4-11,16H,3,12-15,24H2,1-2H3,(H,25,26,27). The second-order valence-corrected chi connectivity index (χ2v) is 7.21. The van der Waals surface area contributed by atoms with Crippen molar-refractivity contribution in [2.75, 3.05) is 60.7 Å². The van der Waals surface area contributed by atoms with Gasteiger partial charge in [0, 0.05) is 37.6 Å². The third-order valence-corrected chi connectivity index (χ3v) is 5.31. The number of rotatable bonds is 7. The molecule has 2 heterocycles. The number of benzene rings is 2. The van der Waals surface area contributed by atoms with Gasteiger partial charge in [-0.05, 0) is 55.5 Å². The number of hydrogen-bond acceptors (Lipinski definition) is 8. The van der Waals surface area contributed by atoms with Crippen LogP contribution in [-0.4, -0.2) is 49.9 Å². The van der Waals surface area contributed by atoms with Crippen molar-refractivity contribution in [1.82, 2.24) is 9.97 Å². The van der Waals surface area contributed by atoms with Crippen LogP contribution in [-0.2, 0) is 0 Å². The summed E-state index contributed by atoms with van der Waals surface area (Å²) in [4.78, 5) is 13.4. The second-order valence-electron chi connectivity index (χ2n) is 7.21. The van der Waals surface area contributed by atoms with Crippen molar-refractivity contribution in [3.63, 3.8) is 0 Å². The van der Waals surface area contributed by atoms with Gasteiger partial charge in [0.2, 0.25) is 0 Å². The van der Waals surface area contributed by atoms with Gasteiger partial charge in [0.1, 0.15) is 23.5 Å². The average molecular weight is 421 g/mol. The van der Waals surface area contributed by atoms with Gasteiger partial charge in [-0.1, -0.05) is 0 Å². The fourth-order valence-electron chi connectivity index (χ4n) is 3.65. The van der Waals surface area contributed by atoms with Gasteiger partial charge < -0.3 is 30.3 Å². The first kappa shape index (κ1) is 20.6. The summed E-state index contributed by atoms with van der Waals surface area (Å²) in [5.74, 6) is 3.06. The molecule has 2 aromatic carbocycles.